The molecule has 0 bridgehead atoms. The molecule has 6 heteroatoms. The zero-order chi connectivity index (χ0) is 40.3. The summed E-state index contributed by atoms with van der Waals surface area (Å²) >= 11 is 0. The predicted molar refractivity (Wildman–Crippen MR) is 235 cm³/mol. The molecule has 0 saturated heterocycles. The first-order chi connectivity index (χ1) is 26.7. The Bertz CT molecular complexity index is 873. The summed E-state index contributed by atoms with van der Waals surface area (Å²) in [5.74, 6) is 0.559. The van der Waals surface area contributed by atoms with E-state index in [2.05, 4.69) is 25.7 Å². The fraction of sp³-hybridized carbons (Fsp3) is 0.959. The molecule has 0 unspecified atom stereocenters. The van der Waals surface area contributed by atoms with Gasteiger partial charge in [0.1, 0.15) is 0 Å². The number of aliphatic hydroxyl groups excluding tert-OH is 1. The number of carbonyl (C=O) groups is 2. The molecule has 1 rings (SSSR count). The maximum absolute atomic E-state index is 13.0. The average molecular weight is 778 g/mol. The van der Waals surface area contributed by atoms with E-state index < -0.39 is 5.41 Å². The van der Waals surface area contributed by atoms with Crippen LogP contribution in [-0.2, 0) is 19.1 Å². The molecule has 6 nitrogen and oxygen atoms in total. The molecule has 1 aliphatic carbocycles. The highest BCUT2D eigenvalue weighted by atomic mass is 16.5. The number of nitrogens with zero attached hydrogens (tertiary/aromatic N) is 1. The molecule has 0 spiro atoms. The Hall–Kier alpha value is -1.14. The monoisotopic (exact) mass is 778 g/mol. The van der Waals surface area contributed by atoms with Gasteiger partial charge in [0.2, 0.25) is 0 Å². The van der Waals surface area contributed by atoms with Crippen molar-refractivity contribution in [3.63, 3.8) is 0 Å². The van der Waals surface area contributed by atoms with Crippen LogP contribution >= 0.6 is 0 Å². The van der Waals surface area contributed by atoms with Crippen LogP contribution in [0.25, 0.3) is 0 Å². The van der Waals surface area contributed by atoms with E-state index in [9.17, 15) is 14.7 Å². The van der Waals surface area contributed by atoms with Crippen LogP contribution in [-0.4, -0.2) is 61.4 Å². The summed E-state index contributed by atoms with van der Waals surface area (Å²) in [6.45, 7) is 15.7. The van der Waals surface area contributed by atoms with Crippen molar-refractivity contribution < 1.29 is 24.2 Å². The maximum Gasteiger partial charge on any atom is 0.311 e. The number of rotatable bonds is 42. The molecule has 0 aromatic heterocycles. The number of hydrogen-bond acceptors (Lipinski definition) is 6. The lowest BCUT2D eigenvalue weighted by atomic mass is 9.87. The summed E-state index contributed by atoms with van der Waals surface area (Å²) in [5.41, 5.74) is -0.188. The second-order valence-electron chi connectivity index (χ2n) is 18.5. The van der Waals surface area contributed by atoms with Crippen LogP contribution in [0, 0.1) is 16.7 Å². The van der Waals surface area contributed by atoms with E-state index in [4.69, 9.17) is 9.47 Å². The first-order valence-corrected chi connectivity index (χ1v) is 24.4. The van der Waals surface area contributed by atoms with Gasteiger partial charge in [-0.2, -0.15) is 0 Å². The number of aliphatic hydroxyl groups is 1. The Kier molecular flexibility index (Phi) is 32.9. The predicted octanol–water partition coefficient (Wildman–Crippen LogP) is 13.9. The third kappa shape index (κ3) is 29.7. The molecule has 55 heavy (non-hydrogen) atoms. The molecule has 1 N–H and O–H groups in total. The lowest BCUT2D eigenvalue weighted by Crippen LogP contribution is -2.28. The molecule has 0 aromatic carbocycles. The molecule has 0 aliphatic heterocycles. The molecule has 1 saturated carbocycles. The van der Waals surface area contributed by atoms with Gasteiger partial charge in [0.15, 0.2) is 0 Å². The molecule has 0 atom stereocenters. The normalized spacial score (nSPS) is 13.9. The average Bonchev–Trinajstić information content (AvgIpc) is 3.93. The number of unbranched alkanes of at least 4 members (excludes halogenated alkanes) is 20. The van der Waals surface area contributed by atoms with Crippen molar-refractivity contribution in [2.75, 3.05) is 39.5 Å². The van der Waals surface area contributed by atoms with Gasteiger partial charge in [0, 0.05) is 6.61 Å². The molecular weight excluding hydrogens is 683 g/mol. The van der Waals surface area contributed by atoms with Crippen molar-refractivity contribution in [2.45, 2.75) is 247 Å². The number of hydrogen-bond donors (Lipinski definition) is 1. The third-order valence-electron chi connectivity index (χ3n) is 12.5. The first-order valence-electron chi connectivity index (χ1n) is 24.4. The van der Waals surface area contributed by atoms with E-state index >= 15 is 0 Å². The number of ether oxygens (including phenoxy) is 2. The minimum Gasteiger partial charge on any atom is -0.465 e. The lowest BCUT2D eigenvalue weighted by molar-refractivity contribution is -0.154. The van der Waals surface area contributed by atoms with Crippen LogP contribution in [0.1, 0.15) is 247 Å². The topological polar surface area (TPSA) is 76.1 Å². The Labute approximate surface area is 342 Å². The van der Waals surface area contributed by atoms with Crippen LogP contribution in [0.2, 0.25) is 0 Å². The SMILES string of the molecule is CCCCCCCCCOC(=O)C(C)(C)CCCCCCN(CCCCO)CCCCCC1(CC(=O)OCC(CCCCCCC)CCCCCCC)CC1. The largest absolute Gasteiger partial charge is 0.465 e. The summed E-state index contributed by atoms with van der Waals surface area (Å²) in [5, 5.41) is 9.35. The zero-order valence-corrected chi connectivity index (χ0v) is 37.7. The quantitative estimate of drug-likeness (QED) is 0.0491. The fourth-order valence-electron chi connectivity index (χ4n) is 8.22. The van der Waals surface area contributed by atoms with Crippen molar-refractivity contribution in [2.24, 2.45) is 16.7 Å². The van der Waals surface area contributed by atoms with E-state index in [0.29, 0.717) is 25.6 Å². The summed E-state index contributed by atoms with van der Waals surface area (Å²) in [7, 11) is 0. The van der Waals surface area contributed by atoms with Gasteiger partial charge in [-0.15, -0.1) is 0 Å². The third-order valence-corrected chi connectivity index (χ3v) is 12.5. The minimum atomic E-state index is -0.402. The Morgan fingerprint density at radius 2 is 1.07 bits per heavy atom. The van der Waals surface area contributed by atoms with Crippen molar-refractivity contribution in [1.82, 2.24) is 4.90 Å². The molecule has 0 aromatic rings. The van der Waals surface area contributed by atoms with Gasteiger partial charge in [-0.1, -0.05) is 156 Å². The van der Waals surface area contributed by atoms with Gasteiger partial charge in [0.25, 0.3) is 0 Å². The van der Waals surface area contributed by atoms with E-state index in [1.807, 2.05) is 13.8 Å². The van der Waals surface area contributed by atoms with Gasteiger partial charge < -0.3 is 19.5 Å². The standard InChI is InChI=1S/C49H95NO5/c1-6-9-12-15-16-21-31-42-54-47(53)48(4,5)34-25-19-20-27-38-50(40-29-30-41-51)39-28-22-26-35-49(36-37-49)43-46(52)55-44-45(32-23-17-13-10-7-2)33-24-18-14-11-8-3/h45,51H,6-44H2,1-5H3. The Morgan fingerprint density at radius 1 is 0.600 bits per heavy atom. The molecule has 0 heterocycles. The molecule has 1 aliphatic rings. The summed E-state index contributed by atoms with van der Waals surface area (Å²) < 4.78 is 11.6. The highest BCUT2D eigenvalue weighted by Gasteiger charge is 2.44. The summed E-state index contributed by atoms with van der Waals surface area (Å²) in [6, 6.07) is 0. The molecule has 0 amide bonds. The minimum absolute atomic E-state index is 0.0307. The van der Waals surface area contributed by atoms with Gasteiger partial charge >= 0.3 is 11.9 Å². The van der Waals surface area contributed by atoms with Crippen molar-refractivity contribution >= 4 is 11.9 Å². The maximum atomic E-state index is 13.0. The number of carbonyl (C=O) groups excluding carboxylic acids is 2. The van der Waals surface area contributed by atoms with E-state index in [-0.39, 0.29) is 24.0 Å². The van der Waals surface area contributed by atoms with Gasteiger partial charge in [0.05, 0.1) is 25.0 Å². The van der Waals surface area contributed by atoms with Crippen LogP contribution in [0.5, 0.6) is 0 Å². The smallest absolute Gasteiger partial charge is 0.311 e. The van der Waals surface area contributed by atoms with Crippen LogP contribution < -0.4 is 0 Å². The Morgan fingerprint density at radius 3 is 1.62 bits per heavy atom. The summed E-state index contributed by atoms with van der Waals surface area (Å²) in [6.07, 6.45) is 39.3. The summed E-state index contributed by atoms with van der Waals surface area (Å²) in [4.78, 5) is 28.3. The second-order valence-corrected chi connectivity index (χ2v) is 18.5. The number of esters is 2. The van der Waals surface area contributed by atoms with Gasteiger partial charge in [-0.05, 0) is 115 Å². The fourth-order valence-corrected chi connectivity index (χ4v) is 8.22. The van der Waals surface area contributed by atoms with Crippen LogP contribution in [0.3, 0.4) is 0 Å². The van der Waals surface area contributed by atoms with E-state index in [1.165, 1.54) is 154 Å². The highest BCUT2D eigenvalue weighted by Crippen LogP contribution is 2.53. The zero-order valence-electron chi connectivity index (χ0n) is 37.7. The molecular formula is C49H95NO5. The molecule has 0 radical (unpaired) electrons. The second kappa shape index (κ2) is 34.9. The van der Waals surface area contributed by atoms with Gasteiger partial charge in [-0.25, -0.2) is 0 Å². The first kappa shape index (κ1) is 51.9. The van der Waals surface area contributed by atoms with Crippen molar-refractivity contribution in [1.29, 1.82) is 0 Å². The van der Waals surface area contributed by atoms with Crippen LogP contribution in [0.15, 0.2) is 0 Å². The Balaban J connectivity index is 2.29. The highest BCUT2D eigenvalue weighted by molar-refractivity contribution is 5.75. The lowest BCUT2D eigenvalue weighted by Gasteiger charge is -2.23. The molecule has 1 fully saturated rings. The van der Waals surface area contributed by atoms with E-state index in [1.54, 1.807) is 0 Å². The van der Waals surface area contributed by atoms with Crippen LogP contribution in [0.4, 0.5) is 0 Å². The van der Waals surface area contributed by atoms with Crippen molar-refractivity contribution in [3.8, 4) is 0 Å². The van der Waals surface area contributed by atoms with Gasteiger partial charge in [-0.3, -0.25) is 9.59 Å². The van der Waals surface area contributed by atoms with Crippen molar-refractivity contribution in [3.05, 3.63) is 0 Å². The molecule has 326 valence electrons. The van der Waals surface area contributed by atoms with E-state index in [0.717, 1.165) is 71.0 Å².